The zero-order valence-electron chi connectivity index (χ0n) is 10.6. The third-order valence-corrected chi connectivity index (χ3v) is 2.89. The van der Waals surface area contributed by atoms with Crippen LogP contribution in [-0.2, 0) is 4.74 Å². The molecule has 0 aromatic carbocycles. The molecule has 0 spiro atoms. The predicted octanol–water partition coefficient (Wildman–Crippen LogP) is 4.25. The van der Waals surface area contributed by atoms with Crippen molar-refractivity contribution in [2.24, 2.45) is 0 Å². The molecule has 1 heterocycles. The van der Waals surface area contributed by atoms with Crippen molar-refractivity contribution < 1.29 is 4.74 Å². The Labute approximate surface area is 94.2 Å². The van der Waals surface area contributed by atoms with E-state index in [4.69, 9.17) is 4.74 Å². The molecule has 1 rings (SSSR count). The number of ether oxygens (including phenoxy) is 1. The van der Waals surface area contributed by atoms with Crippen molar-refractivity contribution in [1.29, 1.82) is 0 Å². The van der Waals surface area contributed by atoms with Crippen LogP contribution in [0.1, 0.15) is 53.4 Å². The molecule has 1 fully saturated rings. The van der Waals surface area contributed by atoms with E-state index in [0.29, 0.717) is 0 Å². The Bertz CT molecular complexity index is 253. The summed E-state index contributed by atoms with van der Waals surface area (Å²) in [7, 11) is 0. The van der Waals surface area contributed by atoms with E-state index in [9.17, 15) is 0 Å². The molecule has 1 atom stereocenters. The van der Waals surface area contributed by atoms with E-state index in [1.807, 2.05) is 0 Å². The monoisotopic (exact) mass is 208 g/mol. The second kappa shape index (κ2) is 5.50. The van der Waals surface area contributed by atoms with Crippen LogP contribution in [0.4, 0.5) is 0 Å². The normalized spacial score (nSPS) is 25.2. The molecule has 0 N–H and O–H groups in total. The van der Waals surface area contributed by atoms with Crippen LogP contribution in [0.2, 0.25) is 0 Å². The summed E-state index contributed by atoms with van der Waals surface area (Å²) in [5.41, 5.74) is 3.15. The summed E-state index contributed by atoms with van der Waals surface area (Å²) in [5, 5.41) is 0. The zero-order chi connectivity index (χ0) is 11.3. The van der Waals surface area contributed by atoms with E-state index >= 15 is 0 Å². The molecule has 0 bridgehead atoms. The van der Waals surface area contributed by atoms with Gasteiger partial charge in [-0.1, -0.05) is 23.3 Å². The fourth-order valence-electron chi connectivity index (χ4n) is 1.58. The van der Waals surface area contributed by atoms with Crippen LogP contribution in [0.5, 0.6) is 0 Å². The molecular weight excluding hydrogens is 184 g/mol. The summed E-state index contributed by atoms with van der Waals surface area (Å²) < 4.78 is 5.35. The molecule has 0 amide bonds. The number of hydrogen-bond acceptors (Lipinski definition) is 1. The molecule has 15 heavy (non-hydrogen) atoms. The summed E-state index contributed by atoms with van der Waals surface area (Å²) >= 11 is 0. The molecule has 0 aromatic heterocycles. The lowest BCUT2D eigenvalue weighted by atomic mass is 10.0. The van der Waals surface area contributed by atoms with E-state index in [2.05, 4.69) is 39.8 Å². The Morgan fingerprint density at radius 2 is 1.87 bits per heavy atom. The largest absolute Gasteiger partial charge is 0.370 e. The van der Waals surface area contributed by atoms with Crippen molar-refractivity contribution in [3.05, 3.63) is 23.3 Å². The molecule has 0 aliphatic carbocycles. The molecule has 0 unspecified atom stereocenters. The van der Waals surface area contributed by atoms with E-state index in [1.54, 1.807) is 0 Å². The van der Waals surface area contributed by atoms with Gasteiger partial charge in [-0.25, -0.2) is 0 Å². The lowest BCUT2D eigenvalue weighted by Gasteiger charge is -2.02. The highest BCUT2D eigenvalue weighted by Gasteiger charge is 2.37. The fraction of sp³-hybridized carbons (Fsp3) is 0.714. The highest BCUT2D eigenvalue weighted by molar-refractivity contribution is 5.03. The van der Waals surface area contributed by atoms with Crippen molar-refractivity contribution in [2.45, 2.75) is 59.0 Å². The van der Waals surface area contributed by atoms with Crippen LogP contribution in [0.3, 0.4) is 0 Å². The molecular formula is C14H24O. The van der Waals surface area contributed by atoms with Gasteiger partial charge in [0.15, 0.2) is 0 Å². The van der Waals surface area contributed by atoms with Crippen molar-refractivity contribution in [2.75, 3.05) is 6.61 Å². The summed E-state index contributed by atoms with van der Waals surface area (Å²) in [5.74, 6) is 0. The number of hydrogen-bond donors (Lipinski definition) is 0. The van der Waals surface area contributed by atoms with E-state index in [1.165, 1.54) is 30.4 Å². The number of allylic oxidation sites excluding steroid dienone is 4. The Balaban J connectivity index is 2.12. The van der Waals surface area contributed by atoms with Crippen LogP contribution in [0.15, 0.2) is 23.3 Å². The predicted molar refractivity (Wildman–Crippen MR) is 66.0 cm³/mol. The highest BCUT2D eigenvalue weighted by atomic mass is 16.6. The van der Waals surface area contributed by atoms with E-state index in [-0.39, 0.29) is 5.60 Å². The topological polar surface area (TPSA) is 12.5 Å². The maximum atomic E-state index is 5.35. The smallest absolute Gasteiger partial charge is 0.0891 e. The molecule has 1 heteroatoms. The van der Waals surface area contributed by atoms with Gasteiger partial charge in [0.2, 0.25) is 0 Å². The molecule has 0 saturated carbocycles. The third kappa shape index (κ3) is 5.78. The van der Waals surface area contributed by atoms with Crippen LogP contribution in [0.25, 0.3) is 0 Å². The first-order valence-electron chi connectivity index (χ1n) is 5.95. The maximum absolute atomic E-state index is 5.35. The summed E-state index contributed by atoms with van der Waals surface area (Å²) in [4.78, 5) is 0. The minimum atomic E-state index is 0.219. The Morgan fingerprint density at radius 1 is 1.20 bits per heavy atom. The molecule has 0 radical (unpaired) electrons. The highest BCUT2D eigenvalue weighted by Crippen LogP contribution is 2.31. The molecule has 0 aromatic rings. The van der Waals surface area contributed by atoms with Gasteiger partial charge in [-0.15, -0.1) is 0 Å². The second-order valence-electron chi connectivity index (χ2n) is 5.15. The number of rotatable bonds is 6. The van der Waals surface area contributed by atoms with E-state index < -0.39 is 0 Å². The van der Waals surface area contributed by atoms with Gasteiger partial charge in [0.05, 0.1) is 12.2 Å². The molecule has 1 aliphatic rings. The SMILES string of the molecule is CC(C)=CCC/C(C)=C/CC[C@]1(C)CO1. The van der Waals surface area contributed by atoms with Crippen LogP contribution in [-0.4, -0.2) is 12.2 Å². The van der Waals surface area contributed by atoms with Crippen molar-refractivity contribution in [3.63, 3.8) is 0 Å². The molecule has 1 aliphatic heterocycles. The van der Waals surface area contributed by atoms with Gasteiger partial charge in [-0.2, -0.15) is 0 Å². The van der Waals surface area contributed by atoms with Crippen LogP contribution in [0, 0.1) is 0 Å². The third-order valence-electron chi connectivity index (χ3n) is 2.89. The van der Waals surface area contributed by atoms with Crippen LogP contribution >= 0.6 is 0 Å². The van der Waals surface area contributed by atoms with Crippen LogP contribution < -0.4 is 0 Å². The van der Waals surface area contributed by atoms with Gasteiger partial charge in [0, 0.05) is 0 Å². The molecule has 1 nitrogen and oxygen atoms in total. The second-order valence-corrected chi connectivity index (χ2v) is 5.15. The van der Waals surface area contributed by atoms with Gasteiger partial charge in [0.25, 0.3) is 0 Å². The first-order valence-corrected chi connectivity index (χ1v) is 5.95. The minimum Gasteiger partial charge on any atom is -0.370 e. The molecule has 86 valence electrons. The fourth-order valence-corrected chi connectivity index (χ4v) is 1.58. The van der Waals surface area contributed by atoms with Crippen molar-refractivity contribution in [3.8, 4) is 0 Å². The lowest BCUT2D eigenvalue weighted by molar-refractivity contribution is 0.310. The average molecular weight is 208 g/mol. The van der Waals surface area contributed by atoms with Gasteiger partial charge in [0.1, 0.15) is 0 Å². The van der Waals surface area contributed by atoms with E-state index in [0.717, 1.165) is 13.0 Å². The van der Waals surface area contributed by atoms with Crippen molar-refractivity contribution in [1.82, 2.24) is 0 Å². The maximum Gasteiger partial charge on any atom is 0.0891 e. The van der Waals surface area contributed by atoms with Gasteiger partial charge in [-0.3, -0.25) is 0 Å². The zero-order valence-corrected chi connectivity index (χ0v) is 10.6. The van der Waals surface area contributed by atoms with Gasteiger partial charge >= 0.3 is 0 Å². The summed E-state index contributed by atoms with van der Waals surface area (Å²) in [6.45, 7) is 9.70. The first kappa shape index (κ1) is 12.5. The number of epoxide rings is 1. The Hall–Kier alpha value is -0.560. The average Bonchev–Trinajstić information content (AvgIpc) is 2.83. The lowest BCUT2D eigenvalue weighted by Crippen LogP contribution is -2.02. The molecule has 1 saturated heterocycles. The quantitative estimate of drug-likeness (QED) is 0.469. The Kier molecular flexibility index (Phi) is 4.59. The Morgan fingerprint density at radius 3 is 2.40 bits per heavy atom. The van der Waals surface area contributed by atoms with Gasteiger partial charge < -0.3 is 4.74 Å². The minimum absolute atomic E-state index is 0.219. The van der Waals surface area contributed by atoms with Gasteiger partial charge in [-0.05, 0) is 53.4 Å². The standard InChI is InChI=1S/C14H24O/c1-12(2)7-5-8-13(3)9-6-10-14(4)11-15-14/h7,9H,5-6,8,10-11H2,1-4H3/b13-9+/t14-/m1/s1. The summed E-state index contributed by atoms with van der Waals surface area (Å²) in [6, 6.07) is 0. The summed E-state index contributed by atoms with van der Waals surface area (Å²) in [6.07, 6.45) is 9.39. The first-order chi connectivity index (χ1) is 7.02. The van der Waals surface area contributed by atoms with Crippen molar-refractivity contribution >= 4 is 0 Å².